The van der Waals surface area contributed by atoms with Gasteiger partial charge in [-0.05, 0) is 40.2 Å². The zero-order chi connectivity index (χ0) is 14.0. The third kappa shape index (κ3) is 2.68. The summed E-state index contributed by atoms with van der Waals surface area (Å²) in [4.78, 5) is 12.6. The largest absolute Gasteiger partial charge is 0.506 e. The molecule has 19 heavy (non-hydrogen) atoms. The normalized spacial score (nSPS) is 10.2. The Morgan fingerprint density at radius 1 is 1.21 bits per heavy atom. The molecule has 0 spiro atoms. The molecule has 98 valence electrons. The lowest BCUT2D eigenvalue weighted by Crippen LogP contribution is -2.31. The molecule has 0 aromatic heterocycles. The Kier molecular flexibility index (Phi) is 3.71. The molecule has 0 fully saturated rings. The van der Waals surface area contributed by atoms with Gasteiger partial charge in [-0.25, -0.2) is 9.18 Å². The predicted octanol–water partition coefficient (Wildman–Crippen LogP) is 3.51. The Morgan fingerprint density at radius 3 is 2.53 bits per heavy atom. The quantitative estimate of drug-likeness (QED) is 0.887. The van der Waals surface area contributed by atoms with E-state index in [0.29, 0.717) is 10.2 Å². The standard InChI is InChI=1S/C13H10BrFN2O2/c14-9-3-1-2-4-10(9)17(13(16)19)11-7-8(15)5-6-12(11)18/h1-7,18H,(H2,16,19). The molecule has 3 N–H and O–H groups in total. The molecule has 4 nitrogen and oxygen atoms in total. The molecule has 0 bridgehead atoms. The fourth-order valence-corrected chi connectivity index (χ4v) is 2.14. The third-order valence-electron chi connectivity index (χ3n) is 2.49. The average molecular weight is 325 g/mol. The summed E-state index contributed by atoms with van der Waals surface area (Å²) >= 11 is 3.28. The van der Waals surface area contributed by atoms with Gasteiger partial charge in [0.25, 0.3) is 0 Å². The van der Waals surface area contributed by atoms with Gasteiger partial charge >= 0.3 is 6.03 Å². The van der Waals surface area contributed by atoms with Crippen LogP contribution in [0.15, 0.2) is 46.9 Å². The number of primary amides is 1. The van der Waals surface area contributed by atoms with Gasteiger partial charge in [-0.3, -0.25) is 4.90 Å². The summed E-state index contributed by atoms with van der Waals surface area (Å²) in [6.07, 6.45) is 0. The molecule has 0 radical (unpaired) electrons. The number of nitrogens with zero attached hydrogens (tertiary/aromatic N) is 1. The summed E-state index contributed by atoms with van der Waals surface area (Å²) < 4.78 is 13.9. The minimum atomic E-state index is -0.826. The molecule has 0 aliphatic carbocycles. The van der Waals surface area contributed by atoms with Gasteiger partial charge in [0, 0.05) is 10.5 Å². The molecule has 0 unspecified atom stereocenters. The number of hydrogen-bond acceptors (Lipinski definition) is 2. The highest BCUT2D eigenvalue weighted by atomic mass is 79.9. The Morgan fingerprint density at radius 2 is 1.89 bits per heavy atom. The minimum Gasteiger partial charge on any atom is -0.506 e. The smallest absolute Gasteiger partial charge is 0.324 e. The number of rotatable bonds is 2. The van der Waals surface area contributed by atoms with Crippen LogP contribution in [0.2, 0.25) is 0 Å². The van der Waals surface area contributed by atoms with E-state index in [0.717, 1.165) is 23.1 Å². The molecule has 2 aromatic carbocycles. The predicted molar refractivity (Wildman–Crippen MR) is 73.9 cm³/mol. The monoisotopic (exact) mass is 324 g/mol. The molecule has 0 aliphatic heterocycles. The van der Waals surface area contributed by atoms with Gasteiger partial charge in [-0.2, -0.15) is 0 Å². The van der Waals surface area contributed by atoms with Crippen LogP contribution in [0.25, 0.3) is 0 Å². The van der Waals surface area contributed by atoms with Gasteiger partial charge in [0.2, 0.25) is 0 Å². The van der Waals surface area contributed by atoms with Gasteiger partial charge in [-0.15, -0.1) is 0 Å². The van der Waals surface area contributed by atoms with E-state index < -0.39 is 11.8 Å². The summed E-state index contributed by atoms with van der Waals surface area (Å²) in [6, 6.07) is 9.27. The van der Waals surface area contributed by atoms with Crippen molar-refractivity contribution in [1.29, 1.82) is 0 Å². The summed E-state index contributed by atoms with van der Waals surface area (Å²) in [5, 5.41) is 9.78. The lowest BCUT2D eigenvalue weighted by Gasteiger charge is -2.22. The van der Waals surface area contributed by atoms with E-state index in [-0.39, 0.29) is 11.4 Å². The van der Waals surface area contributed by atoms with Crippen molar-refractivity contribution in [3.63, 3.8) is 0 Å². The number of nitrogens with two attached hydrogens (primary N) is 1. The number of aromatic hydroxyl groups is 1. The number of anilines is 2. The van der Waals surface area contributed by atoms with Crippen LogP contribution in [0.3, 0.4) is 0 Å². The number of amides is 2. The van der Waals surface area contributed by atoms with E-state index in [1.54, 1.807) is 24.3 Å². The van der Waals surface area contributed by atoms with Crippen LogP contribution in [0.1, 0.15) is 0 Å². The molecular weight excluding hydrogens is 315 g/mol. The SMILES string of the molecule is NC(=O)N(c1cc(F)ccc1O)c1ccccc1Br. The summed E-state index contributed by atoms with van der Waals surface area (Å²) in [5.74, 6) is -0.818. The first-order chi connectivity index (χ1) is 9.00. The Bertz CT molecular complexity index is 634. The van der Waals surface area contributed by atoms with E-state index >= 15 is 0 Å². The van der Waals surface area contributed by atoms with Gasteiger partial charge in [-0.1, -0.05) is 12.1 Å². The van der Waals surface area contributed by atoms with Crippen molar-refractivity contribution in [3.8, 4) is 5.75 Å². The average Bonchev–Trinajstić information content (AvgIpc) is 2.36. The molecule has 0 heterocycles. The van der Waals surface area contributed by atoms with Gasteiger partial charge < -0.3 is 10.8 Å². The fourth-order valence-electron chi connectivity index (χ4n) is 1.68. The number of para-hydroxylation sites is 1. The maximum absolute atomic E-state index is 13.3. The van der Waals surface area contributed by atoms with Crippen molar-refractivity contribution in [1.82, 2.24) is 0 Å². The van der Waals surface area contributed by atoms with Gasteiger partial charge in [0.1, 0.15) is 11.6 Å². The second kappa shape index (κ2) is 5.27. The second-order valence-corrected chi connectivity index (χ2v) is 4.61. The lowest BCUT2D eigenvalue weighted by molar-refractivity contribution is 0.256. The Labute approximate surface area is 117 Å². The zero-order valence-corrected chi connectivity index (χ0v) is 11.3. The highest BCUT2D eigenvalue weighted by Crippen LogP contribution is 2.36. The van der Waals surface area contributed by atoms with Crippen molar-refractivity contribution in [2.45, 2.75) is 0 Å². The maximum Gasteiger partial charge on any atom is 0.324 e. The minimum absolute atomic E-state index is 0.0144. The van der Waals surface area contributed by atoms with Crippen LogP contribution in [0.5, 0.6) is 5.75 Å². The van der Waals surface area contributed by atoms with Crippen molar-refractivity contribution < 1.29 is 14.3 Å². The van der Waals surface area contributed by atoms with Gasteiger partial charge in [0.05, 0.1) is 11.4 Å². The lowest BCUT2D eigenvalue weighted by atomic mass is 10.2. The third-order valence-corrected chi connectivity index (χ3v) is 3.16. The molecule has 0 saturated heterocycles. The van der Waals surface area contributed by atoms with Crippen LogP contribution in [0.4, 0.5) is 20.6 Å². The van der Waals surface area contributed by atoms with E-state index in [1.807, 2.05) is 0 Å². The van der Waals surface area contributed by atoms with Gasteiger partial charge in [0.15, 0.2) is 0 Å². The molecular formula is C13H10BrFN2O2. The maximum atomic E-state index is 13.3. The number of halogens is 2. The van der Waals surface area contributed by atoms with Crippen LogP contribution < -0.4 is 10.6 Å². The molecule has 2 amide bonds. The summed E-state index contributed by atoms with van der Waals surface area (Å²) in [6.45, 7) is 0. The number of phenols is 1. The molecule has 0 aliphatic rings. The number of phenolic OH excluding ortho intramolecular Hbond substituents is 1. The number of hydrogen-bond donors (Lipinski definition) is 2. The molecule has 6 heteroatoms. The molecule has 0 saturated carbocycles. The van der Waals surface area contributed by atoms with E-state index in [1.165, 1.54) is 0 Å². The van der Waals surface area contributed by atoms with Crippen LogP contribution >= 0.6 is 15.9 Å². The van der Waals surface area contributed by atoms with Crippen molar-refractivity contribution >= 4 is 33.3 Å². The fraction of sp³-hybridized carbons (Fsp3) is 0. The molecule has 2 aromatic rings. The number of carbonyl (C=O) groups is 1. The van der Waals surface area contributed by atoms with Crippen molar-refractivity contribution in [2.24, 2.45) is 5.73 Å². The van der Waals surface area contributed by atoms with Crippen LogP contribution in [-0.4, -0.2) is 11.1 Å². The number of urea groups is 1. The first kappa shape index (κ1) is 13.4. The molecule has 2 rings (SSSR count). The number of carbonyl (C=O) groups excluding carboxylic acids is 1. The van der Waals surface area contributed by atoms with Crippen LogP contribution in [-0.2, 0) is 0 Å². The highest BCUT2D eigenvalue weighted by Gasteiger charge is 2.20. The Hall–Kier alpha value is -2.08. The zero-order valence-electron chi connectivity index (χ0n) is 9.68. The Balaban J connectivity index is 2.62. The second-order valence-electron chi connectivity index (χ2n) is 3.76. The summed E-state index contributed by atoms with van der Waals surface area (Å²) in [7, 11) is 0. The van der Waals surface area contributed by atoms with Crippen LogP contribution in [0, 0.1) is 5.82 Å². The summed E-state index contributed by atoms with van der Waals surface area (Å²) in [5.41, 5.74) is 5.72. The van der Waals surface area contributed by atoms with E-state index in [4.69, 9.17) is 5.73 Å². The van der Waals surface area contributed by atoms with E-state index in [2.05, 4.69) is 15.9 Å². The van der Waals surface area contributed by atoms with Crippen molar-refractivity contribution in [3.05, 3.63) is 52.8 Å². The first-order valence-electron chi connectivity index (χ1n) is 5.33. The topological polar surface area (TPSA) is 66.6 Å². The van der Waals surface area contributed by atoms with Crippen molar-refractivity contribution in [2.75, 3.05) is 4.90 Å². The number of benzene rings is 2. The first-order valence-corrected chi connectivity index (χ1v) is 6.12. The van der Waals surface area contributed by atoms with E-state index in [9.17, 15) is 14.3 Å². The molecule has 0 atom stereocenters. The highest BCUT2D eigenvalue weighted by molar-refractivity contribution is 9.10.